The Bertz CT molecular complexity index is 348. The third-order valence-corrected chi connectivity index (χ3v) is 2.83. The van der Waals surface area contributed by atoms with Gasteiger partial charge in [-0.2, -0.15) is 0 Å². The van der Waals surface area contributed by atoms with Crippen LogP contribution in [-0.4, -0.2) is 4.57 Å². The van der Waals surface area contributed by atoms with Gasteiger partial charge >= 0.3 is 0 Å². The van der Waals surface area contributed by atoms with E-state index in [4.69, 9.17) is 5.73 Å². The second kappa shape index (κ2) is 3.13. The molecule has 2 nitrogen and oxygen atoms in total. The fourth-order valence-corrected chi connectivity index (χ4v) is 1.95. The van der Waals surface area contributed by atoms with Gasteiger partial charge in [-0.15, -0.1) is 11.3 Å². The lowest BCUT2D eigenvalue weighted by atomic mass is 10.5. The number of aromatic nitrogens is 1. The number of hydrogen-bond donors (Lipinski definition) is 1. The molecule has 3 heteroatoms. The molecule has 2 N–H and O–H groups in total. The summed E-state index contributed by atoms with van der Waals surface area (Å²) in [6, 6.07) is 8.19. The van der Waals surface area contributed by atoms with Gasteiger partial charge in [-0.25, -0.2) is 0 Å². The first-order valence-electron chi connectivity index (χ1n) is 3.82. The van der Waals surface area contributed by atoms with E-state index in [0.29, 0.717) is 6.54 Å². The number of rotatable bonds is 2. The molecule has 62 valence electrons. The summed E-state index contributed by atoms with van der Waals surface area (Å²) in [5.74, 6) is 0. The average Bonchev–Trinajstić information content (AvgIpc) is 2.75. The molecule has 2 aromatic rings. The van der Waals surface area contributed by atoms with E-state index in [1.807, 2.05) is 24.5 Å². The van der Waals surface area contributed by atoms with Gasteiger partial charge < -0.3 is 10.3 Å². The van der Waals surface area contributed by atoms with Crippen LogP contribution in [0.3, 0.4) is 0 Å². The maximum absolute atomic E-state index is 5.52. The van der Waals surface area contributed by atoms with E-state index in [1.54, 1.807) is 11.3 Å². The lowest BCUT2D eigenvalue weighted by Crippen LogP contribution is -1.91. The smallest absolute Gasteiger partial charge is 0.0992 e. The second-order valence-corrected chi connectivity index (χ2v) is 3.68. The Kier molecular flexibility index (Phi) is 1.98. The molecule has 0 spiro atoms. The Balaban J connectivity index is 2.35. The number of thiophene rings is 1. The van der Waals surface area contributed by atoms with Crippen LogP contribution in [0, 0.1) is 0 Å². The van der Waals surface area contributed by atoms with Gasteiger partial charge in [0, 0.05) is 23.8 Å². The fourth-order valence-electron chi connectivity index (χ4n) is 1.10. The van der Waals surface area contributed by atoms with E-state index in [-0.39, 0.29) is 0 Å². The van der Waals surface area contributed by atoms with Crippen molar-refractivity contribution in [2.24, 2.45) is 5.73 Å². The van der Waals surface area contributed by atoms with Crippen LogP contribution in [0.1, 0.15) is 4.88 Å². The van der Waals surface area contributed by atoms with Crippen LogP contribution in [0.2, 0.25) is 0 Å². The molecule has 0 aliphatic carbocycles. The third kappa shape index (κ3) is 1.29. The number of nitrogens with two attached hydrogens (primary N) is 1. The predicted octanol–water partition coefficient (Wildman–Crippen LogP) is 2.00. The van der Waals surface area contributed by atoms with Crippen molar-refractivity contribution in [3.05, 3.63) is 41.5 Å². The van der Waals surface area contributed by atoms with Crippen molar-refractivity contribution in [3.63, 3.8) is 0 Å². The zero-order chi connectivity index (χ0) is 8.39. The Morgan fingerprint density at radius 3 is 2.58 bits per heavy atom. The second-order valence-electron chi connectivity index (χ2n) is 2.53. The Labute approximate surface area is 75.3 Å². The average molecular weight is 178 g/mol. The first kappa shape index (κ1) is 7.58. The third-order valence-electron chi connectivity index (χ3n) is 1.71. The highest BCUT2D eigenvalue weighted by Gasteiger charge is 1.98. The summed E-state index contributed by atoms with van der Waals surface area (Å²) in [7, 11) is 0. The minimum absolute atomic E-state index is 0.631. The highest BCUT2D eigenvalue weighted by atomic mass is 32.1. The molecule has 0 saturated carbocycles. The van der Waals surface area contributed by atoms with E-state index < -0.39 is 0 Å². The van der Waals surface area contributed by atoms with Crippen LogP contribution < -0.4 is 5.73 Å². The topological polar surface area (TPSA) is 30.9 Å². The van der Waals surface area contributed by atoms with Crippen molar-refractivity contribution < 1.29 is 0 Å². The molecule has 2 heterocycles. The van der Waals surface area contributed by atoms with Crippen molar-refractivity contribution in [2.45, 2.75) is 6.54 Å². The van der Waals surface area contributed by atoms with Crippen molar-refractivity contribution >= 4 is 11.3 Å². The number of hydrogen-bond acceptors (Lipinski definition) is 2. The fraction of sp³-hybridized carbons (Fsp3) is 0.111. The van der Waals surface area contributed by atoms with Crippen LogP contribution in [-0.2, 0) is 6.54 Å². The van der Waals surface area contributed by atoms with Crippen LogP contribution in [0.15, 0.2) is 36.7 Å². The first-order valence-corrected chi connectivity index (χ1v) is 4.64. The van der Waals surface area contributed by atoms with E-state index >= 15 is 0 Å². The monoisotopic (exact) mass is 178 g/mol. The van der Waals surface area contributed by atoms with Crippen LogP contribution >= 0.6 is 11.3 Å². The zero-order valence-corrected chi connectivity index (χ0v) is 7.42. The predicted molar refractivity (Wildman–Crippen MR) is 51.5 cm³/mol. The zero-order valence-electron chi connectivity index (χ0n) is 6.60. The molecule has 0 aromatic carbocycles. The van der Waals surface area contributed by atoms with Gasteiger partial charge in [0.05, 0.1) is 5.00 Å². The molecule has 0 amide bonds. The van der Waals surface area contributed by atoms with Gasteiger partial charge in [-0.05, 0) is 24.3 Å². The summed E-state index contributed by atoms with van der Waals surface area (Å²) in [4.78, 5) is 1.22. The van der Waals surface area contributed by atoms with Gasteiger partial charge in [-0.1, -0.05) is 0 Å². The molecule has 2 aromatic heterocycles. The summed E-state index contributed by atoms with van der Waals surface area (Å²) >= 11 is 1.73. The van der Waals surface area contributed by atoms with Crippen LogP contribution in [0.5, 0.6) is 0 Å². The molecule has 0 bridgehead atoms. The minimum atomic E-state index is 0.631. The maximum Gasteiger partial charge on any atom is 0.0992 e. The van der Waals surface area contributed by atoms with Crippen LogP contribution in [0.4, 0.5) is 0 Å². The van der Waals surface area contributed by atoms with Gasteiger partial charge in [0.2, 0.25) is 0 Å². The molecule has 2 rings (SSSR count). The lowest BCUT2D eigenvalue weighted by molar-refractivity contribution is 1.11. The van der Waals surface area contributed by atoms with Crippen molar-refractivity contribution in [3.8, 4) is 5.00 Å². The van der Waals surface area contributed by atoms with E-state index in [2.05, 4.69) is 16.7 Å². The highest BCUT2D eigenvalue weighted by Crippen LogP contribution is 2.19. The summed E-state index contributed by atoms with van der Waals surface area (Å²) in [6.45, 7) is 0.631. The van der Waals surface area contributed by atoms with Crippen molar-refractivity contribution in [1.82, 2.24) is 4.57 Å². The van der Waals surface area contributed by atoms with Gasteiger partial charge in [0.15, 0.2) is 0 Å². The van der Waals surface area contributed by atoms with Crippen molar-refractivity contribution in [2.75, 3.05) is 0 Å². The normalized spacial score (nSPS) is 10.4. The quantitative estimate of drug-likeness (QED) is 0.749. The molecule has 0 aliphatic rings. The maximum atomic E-state index is 5.52. The van der Waals surface area contributed by atoms with Crippen molar-refractivity contribution in [1.29, 1.82) is 0 Å². The Morgan fingerprint density at radius 1 is 1.25 bits per heavy atom. The molecular formula is C9H10N2S. The lowest BCUT2D eigenvalue weighted by Gasteiger charge is -1.94. The van der Waals surface area contributed by atoms with Gasteiger partial charge in [0.1, 0.15) is 0 Å². The van der Waals surface area contributed by atoms with Gasteiger partial charge in [0.25, 0.3) is 0 Å². The highest BCUT2D eigenvalue weighted by molar-refractivity contribution is 7.14. The SMILES string of the molecule is NCc1ccc(-n2cccc2)s1. The molecule has 0 saturated heterocycles. The standard InChI is InChI=1S/C9H10N2S/c10-7-8-3-4-9(12-8)11-5-1-2-6-11/h1-6H,7,10H2. The Hall–Kier alpha value is -1.06. The van der Waals surface area contributed by atoms with E-state index in [1.165, 1.54) is 9.88 Å². The molecule has 0 atom stereocenters. The molecule has 0 fully saturated rings. The largest absolute Gasteiger partial charge is 0.326 e. The van der Waals surface area contributed by atoms with Crippen LogP contribution in [0.25, 0.3) is 5.00 Å². The minimum Gasteiger partial charge on any atom is -0.326 e. The Morgan fingerprint density at radius 2 is 2.00 bits per heavy atom. The summed E-state index contributed by atoms with van der Waals surface area (Å²) in [5.41, 5.74) is 5.52. The molecule has 0 radical (unpaired) electrons. The summed E-state index contributed by atoms with van der Waals surface area (Å²) in [5, 5.41) is 1.22. The molecule has 0 unspecified atom stereocenters. The van der Waals surface area contributed by atoms with E-state index in [0.717, 1.165) is 0 Å². The number of nitrogens with zero attached hydrogens (tertiary/aromatic N) is 1. The first-order chi connectivity index (χ1) is 5.90. The molecular weight excluding hydrogens is 168 g/mol. The molecule has 12 heavy (non-hydrogen) atoms. The molecule has 0 aliphatic heterocycles. The summed E-state index contributed by atoms with van der Waals surface area (Å²) in [6.07, 6.45) is 4.07. The van der Waals surface area contributed by atoms with Gasteiger partial charge in [-0.3, -0.25) is 0 Å². The van der Waals surface area contributed by atoms with E-state index in [9.17, 15) is 0 Å². The summed E-state index contributed by atoms with van der Waals surface area (Å²) < 4.78 is 2.09.